The van der Waals surface area contributed by atoms with E-state index in [4.69, 9.17) is 16.3 Å². The highest BCUT2D eigenvalue weighted by molar-refractivity contribution is 6.25. The molecule has 2 nitrogen and oxygen atoms in total. The van der Waals surface area contributed by atoms with Gasteiger partial charge in [-0.25, -0.2) is 0 Å². The Hall–Kier alpha value is -0.860. The Morgan fingerprint density at radius 3 is 2.68 bits per heavy atom. The summed E-state index contributed by atoms with van der Waals surface area (Å²) in [5.41, 5.74) is 4.05. The Morgan fingerprint density at radius 2 is 2.11 bits per heavy atom. The lowest BCUT2D eigenvalue weighted by Crippen LogP contribution is -2.12. The maximum Gasteiger partial charge on any atom is 0.0731 e. The molecule has 1 aromatic rings. The van der Waals surface area contributed by atoms with Crippen LogP contribution < -0.4 is 0 Å². The highest BCUT2D eigenvalue weighted by Crippen LogP contribution is 2.35. The van der Waals surface area contributed by atoms with Gasteiger partial charge >= 0.3 is 0 Å². The van der Waals surface area contributed by atoms with Crippen LogP contribution in [0.4, 0.5) is 0 Å². The van der Waals surface area contributed by atoms with E-state index in [0.29, 0.717) is 18.4 Å². The van der Waals surface area contributed by atoms with Gasteiger partial charge < -0.3 is 4.74 Å². The zero-order valence-corrected chi connectivity index (χ0v) is 12.3. The molecular formula is C16H22ClNO. The fourth-order valence-electron chi connectivity index (χ4n) is 2.69. The van der Waals surface area contributed by atoms with Crippen LogP contribution in [0.2, 0.25) is 0 Å². The first-order valence-electron chi connectivity index (χ1n) is 7.13. The van der Waals surface area contributed by atoms with E-state index in [9.17, 15) is 0 Å². The van der Waals surface area contributed by atoms with Gasteiger partial charge in [-0.2, -0.15) is 0 Å². The number of hydrogen-bond donors (Lipinski definition) is 0. The van der Waals surface area contributed by atoms with E-state index in [2.05, 4.69) is 23.2 Å². The summed E-state index contributed by atoms with van der Waals surface area (Å²) in [6.45, 7) is 3.42. The molecule has 0 radical (unpaired) electrons. The molecule has 0 saturated heterocycles. The molecule has 1 fully saturated rings. The number of halogens is 1. The Labute approximate surface area is 120 Å². The van der Waals surface area contributed by atoms with Crippen LogP contribution in [0.25, 0.3) is 0 Å². The maximum atomic E-state index is 5.64. The zero-order chi connectivity index (χ0) is 13.5. The first-order valence-corrected chi connectivity index (χ1v) is 7.56. The minimum Gasteiger partial charge on any atom is -0.377 e. The molecule has 0 bridgehead atoms. The van der Waals surface area contributed by atoms with Crippen molar-refractivity contribution in [2.24, 2.45) is 5.92 Å². The summed E-state index contributed by atoms with van der Waals surface area (Å²) in [5, 5.41) is 0. The van der Waals surface area contributed by atoms with E-state index >= 15 is 0 Å². The Kier molecular flexibility index (Phi) is 5.87. The van der Waals surface area contributed by atoms with Crippen LogP contribution in [-0.4, -0.2) is 11.6 Å². The first-order chi connectivity index (χ1) is 9.33. The van der Waals surface area contributed by atoms with Crippen LogP contribution in [-0.2, 0) is 11.3 Å². The van der Waals surface area contributed by atoms with Gasteiger partial charge in [-0.15, -0.1) is 0 Å². The lowest BCUT2D eigenvalue weighted by molar-refractivity contribution is 0.134. The summed E-state index contributed by atoms with van der Waals surface area (Å²) >= 11 is 5.64. The molecule has 19 heavy (non-hydrogen) atoms. The summed E-state index contributed by atoms with van der Waals surface area (Å²) in [4.78, 5) is 4.60. The van der Waals surface area contributed by atoms with Gasteiger partial charge in [0.15, 0.2) is 0 Å². The lowest BCUT2D eigenvalue weighted by atomic mass is 9.80. The molecule has 1 saturated carbocycles. The molecule has 2 rings (SSSR count). The third kappa shape index (κ3) is 4.32. The molecule has 1 heterocycles. The van der Waals surface area contributed by atoms with Crippen LogP contribution in [0.5, 0.6) is 0 Å². The smallest absolute Gasteiger partial charge is 0.0731 e. The SMILES string of the molecule is CCOCc1ccc([C@H]2CC[C@H](/C=C/Cl)CC2)nc1. The van der Waals surface area contributed by atoms with E-state index in [-0.39, 0.29) is 0 Å². The number of aromatic nitrogens is 1. The van der Waals surface area contributed by atoms with E-state index < -0.39 is 0 Å². The number of allylic oxidation sites excluding steroid dienone is 1. The second-order valence-electron chi connectivity index (χ2n) is 5.16. The van der Waals surface area contributed by atoms with Gasteiger partial charge in [0.1, 0.15) is 0 Å². The molecule has 0 N–H and O–H groups in total. The van der Waals surface area contributed by atoms with Gasteiger partial charge in [0, 0.05) is 30.0 Å². The van der Waals surface area contributed by atoms with E-state index in [1.807, 2.05) is 13.1 Å². The van der Waals surface area contributed by atoms with Gasteiger partial charge in [-0.05, 0) is 50.2 Å². The minimum atomic E-state index is 0.612. The molecule has 0 spiro atoms. The van der Waals surface area contributed by atoms with Crippen molar-refractivity contribution in [2.75, 3.05) is 6.61 Å². The third-order valence-electron chi connectivity index (χ3n) is 3.86. The van der Waals surface area contributed by atoms with Crippen molar-refractivity contribution in [1.82, 2.24) is 4.98 Å². The summed E-state index contributed by atoms with van der Waals surface area (Å²) in [6.07, 6.45) is 8.94. The minimum absolute atomic E-state index is 0.612. The maximum absolute atomic E-state index is 5.64. The molecule has 0 unspecified atom stereocenters. The Bertz CT molecular complexity index is 394. The second-order valence-corrected chi connectivity index (χ2v) is 5.41. The number of ether oxygens (including phenoxy) is 1. The topological polar surface area (TPSA) is 22.1 Å². The number of nitrogens with zero attached hydrogens (tertiary/aromatic N) is 1. The van der Waals surface area contributed by atoms with Crippen LogP contribution in [0.15, 0.2) is 29.9 Å². The third-order valence-corrected chi connectivity index (χ3v) is 4.00. The zero-order valence-electron chi connectivity index (χ0n) is 11.5. The predicted octanol–water partition coefficient (Wildman–Crippen LogP) is 4.64. The highest BCUT2D eigenvalue weighted by atomic mass is 35.5. The Balaban J connectivity index is 1.89. The lowest BCUT2D eigenvalue weighted by Gasteiger charge is -2.26. The van der Waals surface area contributed by atoms with Gasteiger partial charge in [-0.1, -0.05) is 23.7 Å². The number of hydrogen-bond acceptors (Lipinski definition) is 2. The van der Waals surface area contributed by atoms with Crippen molar-refractivity contribution in [1.29, 1.82) is 0 Å². The van der Waals surface area contributed by atoms with Crippen molar-refractivity contribution in [3.05, 3.63) is 41.2 Å². The molecule has 104 valence electrons. The molecule has 1 aromatic heterocycles. The average Bonchev–Trinajstić information content (AvgIpc) is 2.47. The molecule has 0 atom stereocenters. The van der Waals surface area contributed by atoms with Crippen LogP contribution in [0, 0.1) is 5.92 Å². The molecule has 0 amide bonds. The average molecular weight is 280 g/mol. The van der Waals surface area contributed by atoms with Crippen LogP contribution in [0.3, 0.4) is 0 Å². The Morgan fingerprint density at radius 1 is 1.32 bits per heavy atom. The van der Waals surface area contributed by atoms with E-state index in [1.54, 1.807) is 5.54 Å². The monoisotopic (exact) mass is 279 g/mol. The quantitative estimate of drug-likeness (QED) is 0.783. The number of rotatable bonds is 5. The molecule has 3 heteroatoms. The first kappa shape index (κ1) is 14.5. The van der Waals surface area contributed by atoms with Gasteiger partial charge in [0.2, 0.25) is 0 Å². The molecule has 0 aliphatic heterocycles. The van der Waals surface area contributed by atoms with E-state index in [0.717, 1.165) is 12.2 Å². The van der Waals surface area contributed by atoms with Crippen molar-refractivity contribution >= 4 is 11.6 Å². The summed E-state index contributed by atoms with van der Waals surface area (Å²) < 4.78 is 5.39. The fourth-order valence-corrected chi connectivity index (χ4v) is 2.90. The van der Waals surface area contributed by atoms with Crippen molar-refractivity contribution < 1.29 is 4.74 Å². The summed E-state index contributed by atoms with van der Waals surface area (Å²) in [5.74, 6) is 1.27. The van der Waals surface area contributed by atoms with Crippen LogP contribution >= 0.6 is 11.6 Å². The van der Waals surface area contributed by atoms with Crippen molar-refractivity contribution in [3.8, 4) is 0 Å². The van der Waals surface area contributed by atoms with Crippen molar-refractivity contribution in [2.45, 2.75) is 45.1 Å². The summed E-state index contributed by atoms with van der Waals surface area (Å²) in [7, 11) is 0. The van der Waals surface area contributed by atoms with Gasteiger partial charge in [-0.3, -0.25) is 4.98 Å². The molecule has 1 aliphatic rings. The highest BCUT2D eigenvalue weighted by Gasteiger charge is 2.21. The van der Waals surface area contributed by atoms with Crippen LogP contribution in [0.1, 0.15) is 49.8 Å². The van der Waals surface area contributed by atoms with Crippen molar-refractivity contribution in [3.63, 3.8) is 0 Å². The number of pyridine rings is 1. The van der Waals surface area contributed by atoms with Gasteiger partial charge in [0.05, 0.1) is 6.61 Å². The van der Waals surface area contributed by atoms with E-state index in [1.165, 1.54) is 31.4 Å². The fraction of sp³-hybridized carbons (Fsp3) is 0.562. The second kappa shape index (κ2) is 7.66. The van der Waals surface area contributed by atoms with Gasteiger partial charge in [0.25, 0.3) is 0 Å². The normalized spacial score (nSPS) is 23.9. The molecule has 0 aromatic carbocycles. The summed E-state index contributed by atoms with van der Waals surface area (Å²) in [6, 6.07) is 4.31. The largest absolute Gasteiger partial charge is 0.377 e. The molecular weight excluding hydrogens is 258 g/mol. The predicted molar refractivity (Wildman–Crippen MR) is 79.3 cm³/mol. The standard InChI is InChI=1S/C16H22ClNO/c1-2-19-12-14-5-8-16(18-11-14)15-6-3-13(4-7-15)9-10-17/h5,8-11,13,15H,2-4,6-7,12H2,1H3/b10-9+/t13-,15-. The molecule has 1 aliphatic carbocycles.